The van der Waals surface area contributed by atoms with E-state index in [1.54, 1.807) is 6.07 Å². The average Bonchev–Trinajstić information content (AvgIpc) is 2.86. The first-order valence-electron chi connectivity index (χ1n) is 5.34. The molecule has 0 aliphatic carbocycles. The van der Waals surface area contributed by atoms with Gasteiger partial charge in [0.25, 0.3) is 5.91 Å². The first-order chi connectivity index (χ1) is 9.52. The monoisotopic (exact) mass is 313 g/mol. The lowest BCUT2D eigenvalue weighted by atomic mass is 10.2. The Balaban J connectivity index is 2.23. The summed E-state index contributed by atoms with van der Waals surface area (Å²) in [6.45, 7) is 0. The number of rotatable bonds is 3. The second kappa shape index (κ2) is 5.85. The van der Waals surface area contributed by atoms with Gasteiger partial charge in [0.1, 0.15) is 0 Å². The lowest BCUT2D eigenvalue weighted by Gasteiger charge is -2.08. The second-order valence-electron chi connectivity index (χ2n) is 3.74. The molecule has 0 unspecified atom stereocenters. The number of hydrogen-bond acceptors (Lipinski definition) is 4. The van der Waals surface area contributed by atoms with Crippen LogP contribution in [0.5, 0.6) is 0 Å². The number of furan rings is 1. The maximum absolute atomic E-state index is 11.9. The number of amidine groups is 1. The van der Waals surface area contributed by atoms with Crippen LogP contribution in [0.1, 0.15) is 15.9 Å². The van der Waals surface area contributed by atoms with Gasteiger partial charge in [-0.25, -0.2) is 0 Å². The van der Waals surface area contributed by atoms with Crippen molar-refractivity contribution in [3.63, 3.8) is 0 Å². The fraction of sp³-hybridized carbons (Fsp3) is 0. The van der Waals surface area contributed by atoms with Gasteiger partial charge in [0.2, 0.25) is 5.22 Å². The lowest BCUT2D eigenvalue weighted by Crippen LogP contribution is -2.14. The Kier molecular flexibility index (Phi) is 4.16. The molecule has 0 aliphatic heterocycles. The van der Waals surface area contributed by atoms with Gasteiger partial charge in [0.05, 0.1) is 22.5 Å². The van der Waals surface area contributed by atoms with Crippen LogP contribution < -0.4 is 11.1 Å². The number of anilines is 1. The van der Waals surface area contributed by atoms with Crippen molar-refractivity contribution in [2.45, 2.75) is 0 Å². The van der Waals surface area contributed by atoms with Crippen molar-refractivity contribution >= 4 is 40.6 Å². The number of carbonyl (C=O) groups is 1. The average molecular weight is 314 g/mol. The van der Waals surface area contributed by atoms with Crippen LogP contribution in [0.25, 0.3) is 0 Å². The maximum atomic E-state index is 11.9. The highest BCUT2D eigenvalue weighted by Crippen LogP contribution is 2.25. The summed E-state index contributed by atoms with van der Waals surface area (Å²) in [6, 6.07) is 5.98. The van der Waals surface area contributed by atoms with Crippen LogP contribution in [-0.4, -0.2) is 17.0 Å². The van der Waals surface area contributed by atoms with Crippen molar-refractivity contribution in [1.82, 2.24) is 0 Å². The second-order valence-corrected chi connectivity index (χ2v) is 4.49. The molecule has 4 N–H and O–H groups in total. The molecule has 6 nitrogen and oxygen atoms in total. The normalized spacial score (nSPS) is 11.4. The van der Waals surface area contributed by atoms with Gasteiger partial charge in [0.15, 0.2) is 5.84 Å². The van der Waals surface area contributed by atoms with E-state index in [0.717, 1.165) is 0 Å². The number of amides is 1. The van der Waals surface area contributed by atoms with Gasteiger partial charge < -0.3 is 20.7 Å². The van der Waals surface area contributed by atoms with Crippen LogP contribution in [0.4, 0.5) is 5.69 Å². The predicted octanol–water partition coefficient (Wildman–Crippen LogP) is 2.93. The van der Waals surface area contributed by atoms with E-state index in [-0.39, 0.29) is 21.6 Å². The van der Waals surface area contributed by atoms with Gasteiger partial charge in [-0.2, -0.15) is 0 Å². The van der Waals surface area contributed by atoms with E-state index in [0.29, 0.717) is 11.3 Å². The number of oxime groups is 1. The van der Waals surface area contributed by atoms with Gasteiger partial charge in [-0.05, 0) is 35.9 Å². The van der Waals surface area contributed by atoms with Crippen LogP contribution in [0.2, 0.25) is 10.2 Å². The van der Waals surface area contributed by atoms with Crippen molar-refractivity contribution in [1.29, 1.82) is 0 Å². The van der Waals surface area contributed by atoms with Gasteiger partial charge in [-0.15, -0.1) is 0 Å². The summed E-state index contributed by atoms with van der Waals surface area (Å²) in [5.41, 5.74) is 6.43. The summed E-state index contributed by atoms with van der Waals surface area (Å²) in [5, 5.41) is 14.2. The van der Waals surface area contributed by atoms with Crippen molar-refractivity contribution in [3.05, 3.63) is 51.9 Å². The molecule has 0 saturated carbocycles. The van der Waals surface area contributed by atoms with Gasteiger partial charge in [-0.1, -0.05) is 16.8 Å². The summed E-state index contributed by atoms with van der Waals surface area (Å²) in [7, 11) is 0. The third-order valence-electron chi connectivity index (χ3n) is 2.48. The molecule has 0 aliphatic rings. The zero-order chi connectivity index (χ0) is 14.7. The minimum absolute atomic E-state index is 0.00750. The third-order valence-corrected chi connectivity index (χ3v) is 3.09. The molecule has 8 heteroatoms. The Bertz CT molecular complexity index is 682. The first-order valence-corrected chi connectivity index (χ1v) is 6.10. The molecular weight excluding hydrogens is 305 g/mol. The number of carbonyl (C=O) groups excluding carboxylic acids is 1. The fourth-order valence-corrected chi connectivity index (χ4v) is 1.91. The highest BCUT2D eigenvalue weighted by atomic mass is 35.5. The highest BCUT2D eigenvalue weighted by Gasteiger charge is 2.14. The molecule has 20 heavy (non-hydrogen) atoms. The molecule has 104 valence electrons. The summed E-state index contributed by atoms with van der Waals surface area (Å²) < 4.78 is 4.83. The quantitative estimate of drug-likeness (QED) is 0.351. The predicted molar refractivity (Wildman–Crippen MR) is 75.6 cm³/mol. The molecule has 1 amide bonds. The summed E-state index contributed by atoms with van der Waals surface area (Å²) in [4.78, 5) is 11.9. The number of hydrogen-bond donors (Lipinski definition) is 3. The van der Waals surface area contributed by atoms with Crippen LogP contribution >= 0.6 is 23.2 Å². The summed E-state index contributed by atoms with van der Waals surface area (Å²) in [6.07, 6.45) is 1.31. The standard InChI is InChI=1S/C12H9Cl2N3O3/c13-8-5-6(11(15)17-19)1-2-9(8)16-12(18)7-3-4-20-10(7)14/h1-5,19H,(H2,15,17)(H,16,18). The molecule has 0 spiro atoms. The molecule has 0 saturated heterocycles. The Hall–Kier alpha value is -2.18. The van der Waals surface area contributed by atoms with Crippen LogP contribution in [0.3, 0.4) is 0 Å². The Labute approximate surface area is 123 Å². The highest BCUT2D eigenvalue weighted by molar-refractivity contribution is 6.35. The number of nitrogens with zero attached hydrogens (tertiary/aromatic N) is 1. The molecule has 2 rings (SSSR count). The van der Waals surface area contributed by atoms with E-state index in [1.165, 1.54) is 24.5 Å². The van der Waals surface area contributed by atoms with E-state index in [2.05, 4.69) is 10.5 Å². The van der Waals surface area contributed by atoms with Crippen LogP contribution in [0.15, 0.2) is 40.1 Å². The third kappa shape index (κ3) is 2.87. The molecule has 2 aromatic rings. The van der Waals surface area contributed by atoms with E-state index in [9.17, 15) is 4.79 Å². The Morgan fingerprint density at radius 1 is 1.35 bits per heavy atom. The van der Waals surface area contributed by atoms with Crippen molar-refractivity contribution in [3.8, 4) is 0 Å². The minimum Gasteiger partial charge on any atom is -0.452 e. The van der Waals surface area contributed by atoms with Crippen LogP contribution in [-0.2, 0) is 0 Å². The van der Waals surface area contributed by atoms with E-state index >= 15 is 0 Å². The van der Waals surface area contributed by atoms with Gasteiger partial charge >= 0.3 is 0 Å². The number of benzene rings is 1. The van der Waals surface area contributed by atoms with Crippen molar-refractivity contribution in [2.75, 3.05) is 5.32 Å². The molecular formula is C12H9Cl2N3O3. The molecule has 0 fully saturated rings. The molecule has 0 atom stereocenters. The van der Waals surface area contributed by atoms with Gasteiger partial charge in [-0.3, -0.25) is 4.79 Å². The summed E-state index contributed by atoms with van der Waals surface area (Å²) in [5.74, 6) is -0.537. The number of nitrogens with two attached hydrogens (primary N) is 1. The molecule has 0 bridgehead atoms. The molecule has 1 heterocycles. The topological polar surface area (TPSA) is 101 Å². The SMILES string of the molecule is N/C(=N/O)c1ccc(NC(=O)c2ccoc2Cl)c(Cl)c1. The Morgan fingerprint density at radius 3 is 2.65 bits per heavy atom. The largest absolute Gasteiger partial charge is 0.452 e. The molecule has 0 radical (unpaired) electrons. The smallest absolute Gasteiger partial charge is 0.260 e. The van der Waals surface area contributed by atoms with Crippen LogP contribution in [0, 0.1) is 0 Å². The maximum Gasteiger partial charge on any atom is 0.260 e. The van der Waals surface area contributed by atoms with Crippen molar-refractivity contribution < 1.29 is 14.4 Å². The summed E-state index contributed by atoms with van der Waals surface area (Å²) >= 11 is 11.7. The zero-order valence-electron chi connectivity index (χ0n) is 9.93. The van der Waals surface area contributed by atoms with Crippen molar-refractivity contribution in [2.24, 2.45) is 10.9 Å². The Morgan fingerprint density at radius 2 is 2.10 bits per heavy atom. The number of halogens is 2. The van der Waals surface area contributed by atoms with E-state index < -0.39 is 5.91 Å². The van der Waals surface area contributed by atoms with E-state index in [4.69, 9.17) is 38.6 Å². The molecule has 1 aromatic carbocycles. The molecule has 1 aromatic heterocycles. The lowest BCUT2D eigenvalue weighted by molar-refractivity contribution is 0.102. The van der Waals surface area contributed by atoms with E-state index in [1.807, 2.05) is 0 Å². The fourth-order valence-electron chi connectivity index (χ4n) is 1.48. The minimum atomic E-state index is -0.456. The number of nitrogens with one attached hydrogen (secondary N) is 1. The zero-order valence-corrected chi connectivity index (χ0v) is 11.4. The van der Waals surface area contributed by atoms with Gasteiger partial charge in [0, 0.05) is 5.56 Å². The first kappa shape index (κ1) is 14.2.